The van der Waals surface area contributed by atoms with E-state index in [1.807, 2.05) is 36.5 Å². The Labute approximate surface area is 150 Å². The summed E-state index contributed by atoms with van der Waals surface area (Å²) in [5.41, 5.74) is 2.19. The molecular weight excluding hydrogens is 330 g/mol. The summed E-state index contributed by atoms with van der Waals surface area (Å²) >= 11 is 0. The zero-order chi connectivity index (χ0) is 17.9. The van der Waals surface area contributed by atoms with Crippen LogP contribution in [0.1, 0.15) is 17.7 Å². The van der Waals surface area contributed by atoms with E-state index in [0.717, 1.165) is 16.5 Å². The lowest BCUT2D eigenvalue weighted by molar-refractivity contribution is -0.129. The molecular formula is C19H17N5O2. The molecule has 1 saturated heterocycles. The molecule has 3 aromatic rings. The molecule has 0 unspecified atom stereocenters. The fourth-order valence-electron chi connectivity index (χ4n) is 3.25. The standard InChI is InChI=1S/C19H17N5O2/c20-10-17-19(22-7-6-21-17)26-14-5-8-24(12-14)18(25)9-13-11-23-16-4-2-1-3-15(13)16/h1-4,6-7,11,14,23H,5,8-9,12H2/t14-/m1/s1. The first-order valence-electron chi connectivity index (χ1n) is 8.45. The molecule has 0 bridgehead atoms. The molecule has 2 aromatic heterocycles. The van der Waals surface area contributed by atoms with Crippen molar-refractivity contribution in [2.75, 3.05) is 13.1 Å². The molecule has 1 amide bonds. The molecule has 1 aliphatic heterocycles. The highest BCUT2D eigenvalue weighted by molar-refractivity contribution is 5.89. The maximum Gasteiger partial charge on any atom is 0.251 e. The van der Waals surface area contributed by atoms with Gasteiger partial charge in [-0.15, -0.1) is 0 Å². The number of benzene rings is 1. The number of hydrogen-bond donors (Lipinski definition) is 1. The fourth-order valence-corrected chi connectivity index (χ4v) is 3.25. The minimum atomic E-state index is -0.175. The second kappa shape index (κ2) is 6.84. The minimum absolute atomic E-state index is 0.0699. The Balaban J connectivity index is 1.40. The lowest BCUT2D eigenvalue weighted by atomic mass is 10.1. The second-order valence-corrected chi connectivity index (χ2v) is 6.23. The van der Waals surface area contributed by atoms with Crippen molar-refractivity contribution in [1.82, 2.24) is 19.9 Å². The van der Waals surface area contributed by atoms with Crippen LogP contribution in [0.25, 0.3) is 10.9 Å². The number of rotatable bonds is 4. The van der Waals surface area contributed by atoms with E-state index in [9.17, 15) is 4.79 Å². The third kappa shape index (κ3) is 3.09. The molecule has 7 heteroatoms. The first-order chi connectivity index (χ1) is 12.7. The summed E-state index contributed by atoms with van der Waals surface area (Å²) in [6.45, 7) is 1.12. The quantitative estimate of drug-likeness (QED) is 0.779. The van der Waals surface area contributed by atoms with E-state index in [-0.39, 0.29) is 23.6 Å². The lowest BCUT2D eigenvalue weighted by Crippen LogP contribution is -2.32. The number of aromatic nitrogens is 3. The zero-order valence-electron chi connectivity index (χ0n) is 14.1. The molecule has 7 nitrogen and oxygen atoms in total. The van der Waals surface area contributed by atoms with Crippen molar-refractivity contribution in [3.63, 3.8) is 0 Å². The zero-order valence-corrected chi connectivity index (χ0v) is 14.1. The topological polar surface area (TPSA) is 94.9 Å². The highest BCUT2D eigenvalue weighted by Gasteiger charge is 2.29. The normalized spacial score (nSPS) is 16.6. The van der Waals surface area contributed by atoms with Gasteiger partial charge in [0.2, 0.25) is 11.6 Å². The summed E-state index contributed by atoms with van der Waals surface area (Å²) in [5.74, 6) is 0.298. The Morgan fingerprint density at radius 1 is 1.35 bits per heavy atom. The molecule has 1 atom stereocenters. The SMILES string of the molecule is N#Cc1nccnc1O[C@@H]1CCN(C(=O)Cc2c[nH]c3ccccc23)C1. The number of likely N-dealkylation sites (tertiary alicyclic amines) is 1. The van der Waals surface area contributed by atoms with Gasteiger partial charge in [0, 0.05) is 42.5 Å². The summed E-state index contributed by atoms with van der Waals surface area (Å²) in [5, 5.41) is 10.1. The van der Waals surface area contributed by atoms with E-state index >= 15 is 0 Å². The molecule has 1 N–H and O–H groups in total. The van der Waals surface area contributed by atoms with Crippen LogP contribution in [0, 0.1) is 11.3 Å². The minimum Gasteiger partial charge on any atom is -0.470 e. The lowest BCUT2D eigenvalue weighted by Gasteiger charge is -2.17. The molecule has 1 aromatic carbocycles. The summed E-state index contributed by atoms with van der Waals surface area (Å²) in [6, 6.07) is 9.92. The fraction of sp³-hybridized carbons (Fsp3) is 0.263. The van der Waals surface area contributed by atoms with Gasteiger partial charge >= 0.3 is 0 Å². The van der Waals surface area contributed by atoms with E-state index in [1.54, 1.807) is 4.90 Å². The van der Waals surface area contributed by atoms with E-state index in [1.165, 1.54) is 12.4 Å². The van der Waals surface area contributed by atoms with E-state index in [4.69, 9.17) is 10.00 Å². The molecule has 0 spiro atoms. The third-order valence-corrected chi connectivity index (χ3v) is 4.56. The van der Waals surface area contributed by atoms with Crippen molar-refractivity contribution >= 4 is 16.8 Å². The summed E-state index contributed by atoms with van der Waals surface area (Å²) in [6.07, 6.45) is 5.73. The maximum absolute atomic E-state index is 12.7. The molecule has 1 fully saturated rings. The predicted molar refractivity (Wildman–Crippen MR) is 94.4 cm³/mol. The Kier molecular flexibility index (Phi) is 4.23. The van der Waals surface area contributed by atoms with Crippen molar-refractivity contribution in [3.05, 3.63) is 54.1 Å². The van der Waals surface area contributed by atoms with Crippen LogP contribution in [-0.4, -0.2) is 45.0 Å². The van der Waals surface area contributed by atoms with Crippen LogP contribution in [-0.2, 0) is 11.2 Å². The van der Waals surface area contributed by atoms with Crippen LogP contribution in [0.3, 0.4) is 0 Å². The summed E-state index contributed by atoms with van der Waals surface area (Å²) in [4.78, 5) is 25.7. The molecule has 4 rings (SSSR count). The maximum atomic E-state index is 12.7. The van der Waals surface area contributed by atoms with Gasteiger partial charge in [-0.3, -0.25) is 4.79 Å². The van der Waals surface area contributed by atoms with Gasteiger partial charge in [-0.2, -0.15) is 5.26 Å². The summed E-state index contributed by atoms with van der Waals surface area (Å²) < 4.78 is 5.79. The van der Waals surface area contributed by atoms with E-state index in [0.29, 0.717) is 25.9 Å². The van der Waals surface area contributed by atoms with Gasteiger partial charge in [0.05, 0.1) is 13.0 Å². The van der Waals surface area contributed by atoms with Gasteiger partial charge in [-0.1, -0.05) is 18.2 Å². The van der Waals surface area contributed by atoms with Crippen molar-refractivity contribution in [1.29, 1.82) is 5.26 Å². The second-order valence-electron chi connectivity index (χ2n) is 6.23. The van der Waals surface area contributed by atoms with Crippen LogP contribution in [0.5, 0.6) is 5.88 Å². The van der Waals surface area contributed by atoms with Gasteiger partial charge < -0.3 is 14.6 Å². The third-order valence-electron chi connectivity index (χ3n) is 4.56. The number of carbonyl (C=O) groups is 1. The number of nitrogens with zero attached hydrogens (tertiary/aromatic N) is 4. The highest BCUT2D eigenvalue weighted by atomic mass is 16.5. The number of nitrogens with one attached hydrogen (secondary N) is 1. The molecule has 1 aliphatic rings. The van der Waals surface area contributed by atoms with Crippen LogP contribution < -0.4 is 4.74 Å². The average Bonchev–Trinajstić information content (AvgIpc) is 3.30. The largest absolute Gasteiger partial charge is 0.470 e. The van der Waals surface area contributed by atoms with Crippen molar-refractivity contribution in [2.24, 2.45) is 0 Å². The molecule has 0 saturated carbocycles. The van der Waals surface area contributed by atoms with E-state index in [2.05, 4.69) is 15.0 Å². The number of carbonyl (C=O) groups excluding carboxylic acids is 1. The smallest absolute Gasteiger partial charge is 0.251 e. The number of nitriles is 1. The number of ether oxygens (including phenoxy) is 1. The Morgan fingerprint density at radius 3 is 3.08 bits per heavy atom. The van der Waals surface area contributed by atoms with Crippen molar-refractivity contribution in [3.8, 4) is 11.9 Å². The molecule has 26 heavy (non-hydrogen) atoms. The van der Waals surface area contributed by atoms with Gasteiger partial charge in [0.1, 0.15) is 12.2 Å². The molecule has 130 valence electrons. The number of amides is 1. The van der Waals surface area contributed by atoms with Gasteiger partial charge in [0.25, 0.3) is 5.88 Å². The number of aromatic amines is 1. The Hall–Kier alpha value is -3.40. The van der Waals surface area contributed by atoms with Gasteiger partial charge in [-0.25, -0.2) is 9.97 Å². The van der Waals surface area contributed by atoms with Crippen molar-refractivity contribution < 1.29 is 9.53 Å². The first-order valence-corrected chi connectivity index (χ1v) is 8.45. The van der Waals surface area contributed by atoms with Crippen LogP contribution in [0.2, 0.25) is 0 Å². The molecule has 0 aliphatic carbocycles. The van der Waals surface area contributed by atoms with Crippen LogP contribution >= 0.6 is 0 Å². The highest BCUT2D eigenvalue weighted by Crippen LogP contribution is 2.22. The predicted octanol–water partition coefficient (Wildman–Crippen LogP) is 2.05. The van der Waals surface area contributed by atoms with Gasteiger partial charge in [-0.05, 0) is 11.6 Å². The van der Waals surface area contributed by atoms with Crippen LogP contribution in [0.15, 0.2) is 42.9 Å². The number of H-pyrrole nitrogens is 1. The van der Waals surface area contributed by atoms with Crippen molar-refractivity contribution in [2.45, 2.75) is 18.9 Å². The molecule has 3 heterocycles. The Bertz CT molecular complexity index is 991. The number of para-hydroxylation sites is 1. The monoisotopic (exact) mass is 347 g/mol. The summed E-state index contributed by atoms with van der Waals surface area (Å²) in [7, 11) is 0. The van der Waals surface area contributed by atoms with Gasteiger partial charge in [0.15, 0.2) is 0 Å². The Morgan fingerprint density at radius 2 is 2.19 bits per heavy atom. The number of hydrogen-bond acceptors (Lipinski definition) is 5. The van der Waals surface area contributed by atoms with E-state index < -0.39 is 0 Å². The molecule has 0 radical (unpaired) electrons. The average molecular weight is 347 g/mol. The number of fused-ring (bicyclic) bond motifs is 1. The first kappa shape index (κ1) is 16.1. The van der Waals surface area contributed by atoms with Crippen LogP contribution in [0.4, 0.5) is 0 Å².